The molecule has 0 bridgehead atoms. The van der Waals surface area contributed by atoms with Crippen molar-refractivity contribution in [3.8, 4) is 0 Å². The summed E-state index contributed by atoms with van der Waals surface area (Å²) in [4.78, 5) is 18.7. The number of nitrogens with one attached hydrogen (secondary N) is 1. The summed E-state index contributed by atoms with van der Waals surface area (Å²) in [6, 6.07) is -0.254. The monoisotopic (exact) mass is 273 g/mol. The van der Waals surface area contributed by atoms with E-state index in [2.05, 4.69) is 27.4 Å². The number of aliphatic imine (C=N–C) groups is 1. The Hall–Kier alpha value is -1.88. The lowest BCUT2D eigenvalue weighted by Crippen LogP contribution is -2.55. The van der Waals surface area contributed by atoms with Crippen LogP contribution in [-0.2, 0) is 9.53 Å². The first-order valence-electron chi connectivity index (χ1n) is 7.10. The molecule has 1 aliphatic carbocycles. The highest BCUT2D eigenvalue weighted by Crippen LogP contribution is 2.32. The highest BCUT2D eigenvalue weighted by molar-refractivity contribution is 5.83. The molecule has 0 radical (unpaired) electrons. The highest BCUT2D eigenvalue weighted by Gasteiger charge is 2.33. The number of allylic oxidation sites excluding steroid dienone is 3. The number of carbonyl (C=O) groups excluding carboxylic acids is 1. The van der Waals surface area contributed by atoms with Gasteiger partial charge in [-0.15, -0.1) is 0 Å². The molecule has 5 nitrogen and oxygen atoms in total. The van der Waals surface area contributed by atoms with E-state index in [1.165, 1.54) is 0 Å². The summed E-state index contributed by atoms with van der Waals surface area (Å²) in [6.07, 6.45) is 8.98. The van der Waals surface area contributed by atoms with E-state index >= 15 is 0 Å². The fourth-order valence-corrected chi connectivity index (χ4v) is 2.83. The van der Waals surface area contributed by atoms with Gasteiger partial charge < -0.3 is 15.0 Å². The molecule has 0 aromatic rings. The van der Waals surface area contributed by atoms with Gasteiger partial charge in [0, 0.05) is 37.1 Å². The second-order valence-corrected chi connectivity index (χ2v) is 4.94. The average molecular weight is 273 g/mol. The van der Waals surface area contributed by atoms with E-state index in [9.17, 15) is 4.79 Å². The number of rotatable bonds is 3. The maximum absolute atomic E-state index is 12.1. The molecule has 0 aromatic carbocycles. The van der Waals surface area contributed by atoms with E-state index in [1.54, 1.807) is 0 Å². The minimum absolute atomic E-state index is 0.156. The number of fused-ring (bicyclic) bond motifs is 1. The molecular weight excluding hydrogens is 254 g/mol. The Labute approximate surface area is 118 Å². The third kappa shape index (κ3) is 2.29. The van der Waals surface area contributed by atoms with Crippen molar-refractivity contribution in [2.45, 2.75) is 19.4 Å². The van der Waals surface area contributed by atoms with Crippen molar-refractivity contribution >= 4 is 12.2 Å². The van der Waals surface area contributed by atoms with E-state index in [0.717, 1.165) is 36.5 Å². The summed E-state index contributed by atoms with van der Waals surface area (Å²) < 4.78 is 5.20. The first-order valence-corrected chi connectivity index (χ1v) is 7.10. The molecule has 1 unspecified atom stereocenters. The standard InChI is InChI=1S/C15H19N3O2/c1-2-20-15(19)14-10-16-8-9-18(14)13-5-3-4-12-11(13)6-7-17-12/h4-7,14,16H,2-3,8-10H2,1H3. The number of hydrogen-bond acceptors (Lipinski definition) is 5. The molecule has 5 heteroatoms. The molecule has 1 fully saturated rings. The number of carbonyl (C=O) groups is 1. The van der Waals surface area contributed by atoms with Crippen molar-refractivity contribution in [3.05, 3.63) is 35.2 Å². The zero-order valence-electron chi connectivity index (χ0n) is 11.6. The molecule has 3 rings (SSSR count). The van der Waals surface area contributed by atoms with Crippen LogP contribution in [0, 0.1) is 0 Å². The average Bonchev–Trinajstić information content (AvgIpc) is 2.96. The van der Waals surface area contributed by atoms with Crippen LogP contribution in [0.4, 0.5) is 0 Å². The van der Waals surface area contributed by atoms with Gasteiger partial charge >= 0.3 is 5.97 Å². The number of hydrogen-bond donors (Lipinski definition) is 1. The Balaban J connectivity index is 1.83. The van der Waals surface area contributed by atoms with Crippen LogP contribution in [0.5, 0.6) is 0 Å². The van der Waals surface area contributed by atoms with Crippen molar-refractivity contribution < 1.29 is 9.53 Å². The molecule has 3 aliphatic rings. The van der Waals surface area contributed by atoms with Crippen molar-refractivity contribution in [2.24, 2.45) is 4.99 Å². The third-order valence-corrected chi connectivity index (χ3v) is 3.74. The molecule has 1 N–H and O–H groups in total. The largest absolute Gasteiger partial charge is 0.464 e. The molecule has 0 aromatic heterocycles. The lowest BCUT2D eigenvalue weighted by atomic mass is 9.99. The third-order valence-electron chi connectivity index (χ3n) is 3.74. The van der Waals surface area contributed by atoms with Gasteiger partial charge in [0.05, 0.1) is 12.3 Å². The van der Waals surface area contributed by atoms with Crippen LogP contribution in [0.25, 0.3) is 0 Å². The van der Waals surface area contributed by atoms with Crippen molar-refractivity contribution in [3.63, 3.8) is 0 Å². The van der Waals surface area contributed by atoms with Crippen LogP contribution >= 0.6 is 0 Å². The topological polar surface area (TPSA) is 53.9 Å². The molecular formula is C15H19N3O2. The van der Waals surface area contributed by atoms with Crippen LogP contribution in [-0.4, -0.2) is 49.4 Å². The van der Waals surface area contributed by atoms with Crippen molar-refractivity contribution in [2.75, 3.05) is 26.2 Å². The van der Waals surface area contributed by atoms with Gasteiger partial charge in [0.25, 0.3) is 0 Å². The quantitative estimate of drug-likeness (QED) is 0.780. The summed E-state index contributed by atoms with van der Waals surface area (Å²) in [7, 11) is 0. The second-order valence-electron chi connectivity index (χ2n) is 4.94. The van der Waals surface area contributed by atoms with Crippen molar-refractivity contribution in [1.82, 2.24) is 10.2 Å². The van der Waals surface area contributed by atoms with Gasteiger partial charge in [-0.2, -0.15) is 0 Å². The van der Waals surface area contributed by atoms with E-state index < -0.39 is 0 Å². The Bertz CT molecular complexity index is 531. The zero-order valence-corrected chi connectivity index (χ0v) is 11.6. The van der Waals surface area contributed by atoms with Gasteiger partial charge in [-0.05, 0) is 19.4 Å². The van der Waals surface area contributed by atoms with Crippen LogP contribution in [0.15, 0.2) is 40.2 Å². The van der Waals surface area contributed by atoms with E-state index in [1.807, 2.05) is 19.2 Å². The summed E-state index contributed by atoms with van der Waals surface area (Å²) in [5.74, 6) is -0.156. The zero-order chi connectivity index (χ0) is 13.9. The van der Waals surface area contributed by atoms with Gasteiger partial charge in [-0.25, -0.2) is 4.79 Å². The number of esters is 1. The normalized spacial score (nSPS) is 24.8. The Morgan fingerprint density at radius 3 is 3.30 bits per heavy atom. The Morgan fingerprint density at radius 2 is 2.45 bits per heavy atom. The van der Waals surface area contributed by atoms with E-state index in [0.29, 0.717) is 13.2 Å². The fourth-order valence-electron chi connectivity index (χ4n) is 2.83. The predicted octanol–water partition coefficient (Wildman–Crippen LogP) is 1.01. The second kappa shape index (κ2) is 5.63. The maximum atomic E-state index is 12.1. The smallest absolute Gasteiger partial charge is 0.330 e. The number of ether oxygens (including phenoxy) is 1. The molecule has 0 amide bonds. The molecule has 2 aliphatic heterocycles. The van der Waals surface area contributed by atoms with Gasteiger partial charge in [0.1, 0.15) is 6.04 Å². The lowest BCUT2D eigenvalue weighted by Gasteiger charge is -2.39. The lowest BCUT2D eigenvalue weighted by molar-refractivity contribution is -0.149. The van der Waals surface area contributed by atoms with Crippen LogP contribution in [0.1, 0.15) is 13.3 Å². The molecule has 0 saturated carbocycles. The molecule has 2 heterocycles. The van der Waals surface area contributed by atoms with Crippen molar-refractivity contribution in [1.29, 1.82) is 0 Å². The SMILES string of the molecule is CCOC(=O)C1CNCCN1C1=CCC=C2N=CC=C21. The van der Waals surface area contributed by atoms with Crippen LogP contribution < -0.4 is 5.32 Å². The molecule has 1 saturated heterocycles. The Morgan fingerprint density at radius 1 is 1.55 bits per heavy atom. The van der Waals surface area contributed by atoms with E-state index in [-0.39, 0.29) is 12.0 Å². The number of nitrogens with zero attached hydrogens (tertiary/aromatic N) is 2. The fraction of sp³-hybridized carbons (Fsp3) is 0.467. The Kier molecular flexibility index (Phi) is 3.69. The summed E-state index contributed by atoms with van der Waals surface area (Å²) >= 11 is 0. The minimum atomic E-state index is -0.254. The van der Waals surface area contributed by atoms with Crippen LogP contribution in [0.2, 0.25) is 0 Å². The highest BCUT2D eigenvalue weighted by atomic mass is 16.5. The summed E-state index contributed by atoms with van der Waals surface area (Å²) in [5.41, 5.74) is 3.25. The summed E-state index contributed by atoms with van der Waals surface area (Å²) in [6.45, 7) is 4.56. The first-order chi connectivity index (χ1) is 9.81. The maximum Gasteiger partial charge on any atom is 0.330 e. The van der Waals surface area contributed by atoms with Gasteiger partial charge in [-0.3, -0.25) is 4.99 Å². The molecule has 0 spiro atoms. The van der Waals surface area contributed by atoms with Crippen LogP contribution in [0.3, 0.4) is 0 Å². The first kappa shape index (κ1) is 13.1. The van der Waals surface area contributed by atoms with E-state index in [4.69, 9.17) is 4.74 Å². The minimum Gasteiger partial charge on any atom is -0.464 e. The predicted molar refractivity (Wildman–Crippen MR) is 77.4 cm³/mol. The summed E-state index contributed by atoms with van der Waals surface area (Å²) in [5, 5.41) is 3.27. The molecule has 1 atom stereocenters. The van der Waals surface area contributed by atoms with Gasteiger partial charge in [0.15, 0.2) is 0 Å². The van der Waals surface area contributed by atoms with Gasteiger partial charge in [-0.1, -0.05) is 12.2 Å². The molecule has 20 heavy (non-hydrogen) atoms. The van der Waals surface area contributed by atoms with Gasteiger partial charge in [0.2, 0.25) is 0 Å². The number of piperazine rings is 1. The molecule has 106 valence electrons.